The molecule has 0 atom stereocenters. The molecule has 4 rings (SSSR count). The van der Waals surface area contributed by atoms with Gasteiger partial charge in [0, 0.05) is 32.6 Å². The first-order valence-electron chi connectivity index (χ1n) is 10.5. The summed E-state index contributed by atoms with van der Waals surface area (Å²) in [5, 5.41) is 21.4. The van der Waals surface area contributed by atoms with Crippen molar-refractivity contribution in [2.75, 3.05) is 24.8 Å². The highest BCUT2D eigenvalue weighted by molar-refractivity contribution is 5.98. The summed E-state index contributed by atoms with van der Waals surface area (Å²) in [5.41, 5.74) is 2.23. The quantitative estimate of drug-likeness (QED) is 0.358. The summed E-state index contributed by atoms with van der Waals surface area (Å²) < 4.78 is 7.21. The van der Waals surface area contributed by atoms with Gasteiger partial charge in [0.1, 0.15) is 12.1 Å². The van der Waals surface area contributed by atoms with E-state index < -0.39 is 5.91 Å². The summed E-state index contributed by atoms with van der Waals surface area (Å²) in [7, 11) is 4.83. The van der Waals surface area contributed by atoms with E-state index in [0.717, 1.165) is 12.0 Å². The molecule has 12 nitrogen and oxygen atoms in total. The Bertz CT molecular complexity index is 1320. The van der Waals surface area contributed by atoms with Crippen LogP contribution in [0.4, 0.5) is 23.1 Å². The molecule has 0 aliphatic heterocycles. The molecule has 4 aromatic heterocycles. The van der Waals surface area contributed by atoms with Crippen molar-refractivity contribution in [2.45, 2.75) is 13.3 Å². The lowest BCUT2D eigenvalue weighted by molar-refractivity contribution is 0.0958. The highest BCUT2D eigenvalue weighted by atomic mass is 16.5. The van der Waals surface area contributed by atoms with E-state index in [1.807, 2.05) is 12.1 Å². The van der Waals surface area contributed by atoms with Crippen LogP contribution in [-0.2, 0) is 13.5 Å². The van der Waals surface area contributed by atoms with Crippen LogP contribution < -0.4 is 20.7 Å². The Morgan fingerprint density at radius 3 is 2.59 bits per heavy atom. The van der Waals surface area contributed by atoms with E-state index in [4.69, 9.17) is 4.74 Å². The van der Waals surface area contributed by atoms with Crippen LogP contribution in [0.25, 0.3) is 11.4 Å². The minimum atomic E-state index is -0.408. The average molecular weight is 461 g/mol. The van der Waals surface area contributed by atoms with Crippen molar-refractivity contribution in [3.8, 4) is 17.1 Å². The van der Waals surface area contributed by atoms with Gasteiger partial charge >= 0.3 is 0 Å². The number of hydrogen-bond acceptors (Lipinski definition) is 10. The molecule has 0 radical (unpaired) electrons. The number of hydrogen-bond donors (Lipinski definition) is 3. The lowest BCUT2D eigenvalue weighted by atomic mass is 10.2. The number of ether oxygens (including phenoxy) is 1. The van der Waals surface area contributed by atoms with Crippen molar-refractivity contribution in [1.29, 1.82) is 0 Å². The van der Waals surface area contributed by atoms with E-state index in [-0.39, 0.29) is 5.69 Å². The summed E-state index contributed by atoms with van der Waals surface area (Å²) >= 11 is 0. The number of carbonyl (C=O) groups is 1. The molecule has 174 valence electrons. The van der Waals surface area contributed by atoms with Crippen molar-refractivity contribution in [2.24, 2.45) is 7.05 Å². The largest absolute Gasteiger partial charge is 0.492 e. The maximum absolute atomic E-state index is 12.5. The van der Waals surface area contributed by atoms with Crippen molar-refractivity contribution >= 4 is 29.0 Å². The monoisotopic (exact) mass is 460 g/mol. The molecule has 0 unspecified atom stereocenters. The van der Waals surface area contributed by atoms with Gasteiger partial charge in [0.15, 0.2) is 28.9 Å². The standard InChI is InChI=1S/C22H24N10O2/c1-5-13-6-8-24-16(10-13)28-17-11-15(18(30-29-17)22(33)23-2)27-21-19(34-4)14(7-9-25-21)20-26-12-32(3)31-20/h6-12H,5H2,1-4H3,(H,23,33)(H2,24,25,27,28,29). The third-order valence-corrected chi connectivity index (χ3v) is 4.93. The number of nitrogens with zero attached hydrogens (tertiary/aromatic N) is 7. The van der Waals surface area contributed by atoms with Crippen LogP contribution in [0.5, 0.6) is 5.75 Å². The molecule has 4 aromatic rings. The van der Waals surface area contributed by atoms with Gasteiger partial charge in [-0.1, -0.05) is 6.92 Å². The van der Waals surface area contributed by atoms with E-state index >= 15 is 0 Å². The Balaban J connectivity index is 1.72. The maximum atomic E-state index is 12.5. The first-order chi connectivity index (χ1) is 16.5. The second-order valence-corrected chi connectivity index (χ2v) is 7.21. The molecule has 4 heterocycles. The molecule has 0 aliphatic carbocycles. The van der Waals surface area contributed by atoms with Crippen LogP contribution in [-0.4, -0.2) is 55.0 Å². The van der Waals surface area contributed by atoms with Crippen molar-refractivity contribution in [3.05, 3.63) is 54.2 Å². The smallest absolute Gasteiger partial charge is 0.273 e. The number of anilines is 4. The number of pyridine rings is 2. The van der Waals surface area contributed by atoms with Crippen LogP contribution in [0, 0.1) is 0 Å². The third-order valence-electron chi connectivity index (χ3n) is 4.93. The number of nitrogens with one attached hydrogen (secondary N) is 3. The molecule has 0 saturated carbocycles. The number of aromatic nitrogens is 7. The molecular formula is C22H24N10O2. The second kappa shape index (κ2) is 9.90. The molecule has 34 heavy (non-hydrogen) atoms. The highest BCUT2D eigenvalue weighted by Gasteiger charge is 2.20. The second-order valence-electron chi connectivity index (χ2n) is 7.21. The van der Waals surface area contributed by atoms with Crippen LogP contribution >= 0.6 is 0 Å². The van der Waals surface area contributed by atoms with Gasteiger partial charge in [0.05, 0.1) is 18.4 Å². The van der Waals surface area contributed by atoms with E-state index in [0.29, 0.717) is 40.3 Å². The van der Waals surface area contributed by atoms with Crippen LogP contribution in [0.2, 0.25) is 0 Å². The minimum Gasteiger partial charge on any atom is -0.492 e. The predicted molar refractivity (Wildman–Crippen MR) is 126 cm³/mol. The van der Waals surface area contributed by atoms with Gasteiger partial charge in [-0.05, 0) is 30.2 Å². The Hall–Kier alpha value is -4.61. The molecule has 0 aromatic carbocycles. The van der Waals surface area contributed by atoms with Crippen molar-refractivity contribution in [1.82, 2.24) is 40.2 Å². The Kier molecular flexibility index (Phi) is 6.57. The van der Waals surface area contributed by atoms with Crippen molar-refractivity contribution in [3.63, 3.8) is 0 Å². The average Bonchev–Trinajstić information content (AvgIpc) is 3.29. The molecule has 3 N–H and O–H groups in total. The lowest BCUT2D eigenvalue weighted by Gasteiger charge is -2.15. The number of methoxy groups -OCH3 is 1. The zero-order valence-electron chi connectivity index (χ0n) is 19.2. The zero-order chi connectivity index (χ0) is 24.1. The SMILES string of the molecule is CCc1ccnc(Nc2cc(Nc3nccc(-c4ncn(C)n4)c3OC)c(C(=O)NC)nn2)c1. The first-order valence-corrected chi connectivity index (χ1v) is 10.5. The fourth-order valence-electron chi connectivity index (χ4n) is 3.24. The highest BCUT2D eigenvalue weighted by Crippen LogP contribution is 2.35. The number of rotatable bonds is 8. The van der Waals surface area contributed by atoms with E-state index in [1.54, 1.807) is 42.6 Å². The Morgan fingerprint density at radius 1 is 1.06 bits per heavy atom. The number of amides is 1. The summed E-state index contributed by atoms with van der Waals surface area (Å²) in [6.45, 7) is 2.06. The Morgan fingerprint density at radius 2 is 1.88 bits per heavy atom. The van der Waals surface area contributed by atoms with Gasteiger partial charge < -0.3 is 20.7 Å². The van der Waals surface area contributed by atoms with Crippen molar-refractivity contribution < 1.29 is 9.53 Å². The maximum Gasteiger partial charge on any atom is 0.273 e. The van der Waals surface area contributed by atoms with Gasteiger partial charge in [-0.2, -0.15) is 5.10 Å². The van der Waals surface area contributed by atoms with Gasteiger partial charge in [-0.3, -0.25) is 9.48 Å². The molecule has 1 amide bonds. The minimum absolute atomic E-state index is 0.0912. The molecule has 0 fully saturated rings. The van der Waals surface area contributed by atoms with Crippen LogP contribution in [0.1, 0.15) is 23.0 Å². The molecule has 0 bridgehead atoms. The van der Waals surface area contributed by atoms with E-state index in [9.17, 15) is 4.79 Å². The van der Waals surface area contributed by atoms with Gasteiger partial charge in [-0.15, -0.1) is 10.2 Å². The number of carbonyl (C=O) groups excluding carboxylic acids is 1. The lowest BCUT2D eigenvalue weighted by Crippen LogP contribution is -2.21. The predicted octanol–water partition coefficient (Wildman–Crippen LogP) is 2.48. The normalized spacial score (nSPS) is 10.6. The summed E-state index contributed by atoms with van der Waals surface area (Å²) in [6, 6.07) is 7.28. The van der Waals surface area contributed by atoms with Crippen LogP contribution in [0.15, 0.2) is 43.0 Å². The summed E-state index contributed by atoms with van der Waals surface area (Å²) in [5.74, 6) is 1.87. The summed E-state index contributed by atoms with van der Waals surface area (Å²) in [4.78, 5) is 25.5. The molecule has 0 spiro atoms. The van der Waals surface area contributed by atoms with Gasteiger partial charge in [0.2, 0.25) is 0 Å². The van der Waals surface area contributed by atoms with Gasteiger partial charge in [0.25, 0.3) is 5.91 Å². The van der Waals surface area contributed by atoms with E-state index in [2.05, 4.69) is 53.1 Å². The van der Waals surface area contributed by atoms with Crippen LogP contribution in [0.3, 0.4) is 0 Å². The molecule has 12 heteroatoms. The zero-order valence-corrected chi connectivity index (χ0v) is 19.2. The number of aryl methyl sites for hydroxylation is 2. The molecule has 0 saturated heterocycles. The topological polar surface area (TPSA) is 145 Å². The fourth-order valence-corrected chi connectivity index (χ4v) is 3.24. The first kappa shape index (κ1) is 22.6. The fraction of sp³-hybridized carbons (Fsp3) is 0.227. The summed E-state index contributed by atoms with van der Waals surface area (Å²) in [6.07, 6.45) is 5.79. The Labute approximate surface area is 195 Å². The third kappa shape index (κ3) is 4.75. The van der Waals surface area contributed by atoms with Gasteiger partial charge in [-0.25, -0.2) is 15.0 Å². The molecule has 0 aliphatic rings. The molecular weight excluding hydrogens is 436 g/mol. The van der Waals surface area contributed by atoms with E-state index in [1.165, 1.54) is 14.2 Å².